The third kappa shape index (κ3) is 3.98. The molecule has 0 spiro atoms. The first-order valence-corrected chi connectivity index (χ1v) is 9.44. The number of amides is 1. The van der Waals surface area contributed by atoms with E-state index in [4.69, 9.17) is 4.74 Å². The third-order valence-corrected chi connectivity index (χ3v) is 5.57. The molecular weight excluding hydrogens is 334 g/mol. The second-order valence-corrected chi connectivity index (χ2v) is 7.16. The summed E-state index contributed by atoms with van der Waals surface area (Å²) in [5.41, 5.74) is 0.752. The average molecular weight is 361 g/mol. The number of nitro groups is 1. The molecule has 2 aliphatic rings. The van der Waals surface area contributed by atoms with Gasteiger partial charge < -0.3 is 15.0 Å². The third-order valence-electron chi connectivity index (χ3n) is 5.57. The molecule has 1 heterocycles. The van der Waals surface area contributed by atoms with Crippen molar-refractivity contribution >= 4 is 17.3 Å². The summed E-state index contributed by atoms with van der Waals surface area (Å²) in [6, 6.07) is 5.02. The van der Waals surface area contributed by atoms with Crippen molar-refractivity contribution in [3.8, 4) is 0 Å². The molecule has 1 N–H and O–H groups in total. The fraction of sp³-hybridized carbons (Fsp3) is 0.632. The molecule has 142 valence electrons. The number of carbonyl (C=O) groups is 1. The number of anilines is 1. The van der Waals surface area contributed by atoms with E-state index in [-0.39, 0.29) is 11.6 Å². The van der Waals surface area contributed by atoms with Crippen LogP contribution >= 0.6 is 0 Å². The van der Waals surface area contributed by atoms with Gasteiger partial charge in [0.2, 0.25) is 0 Å². The van der Waals surface area contributed by atoms with E-state index in [0.717, 1.165) is 25.8 Å². The molecule has 0 unspecified atom stereocenters. The number of methoxy groups -OCH3 is 1. The fourth-order valence-electron chi connectivity index (χ4n) is 4.30. The van der Waals surface area contributed by atoms with Gasteiger partial charge in [0.05, 0.1) is 11.5 Å². The van der Waals surface area contributed by atoms with Gasteiger partial charge in [0.25, 0.3) is 11.6 Å². The van der Waals surface area contributed by atoms with E-state index in [0.29, 0.717) is 36.4 Å². The van der Waals surface area contributed by atoms with Crippen LogP contribution in [0.4, 0.5) is 11.4 Å². The summed E-state index contributed by atoms with van der Waals surface area (Å²) in [5.74, 6) is 0.513. The van der Waals surface area contributed by atoms with Crippen molar-refractivity contribution in [1.29, 1.82) is 0 Å². The van der Waals surface area contributed by atoms with Crippen LogP contribution < -0.4 is 5.32 Å². The van der Waals surface area contributed by atoms with Crippen LogP contribution in [0.2, 0.25) is 0 Å². The topological polar surface area (TPSA) is 84.7 Å². The number of hydrogen-bond acceptors (Lipinski definition) is 5. The maximum absolute atomic E-state index is 13.1. The van der Waals surface area contributed by atoms with Gasteiger partial charge in [-0.25, -0.2) is 0 Å². The van der Waals surface area contributed by atoms with E-state index in [1.807, 2.05) is 4.90 Å². The van der Waals surface area contributed by atoms with Crippen molar-refractivity contribution in [2.75, 3.05) is 32.1 Å². The minimum absolute atomic E-state index is 0.0656. The van der Waals surface area contributed by atoms with E-state index >= 15 is 0 Å². The van der Waals surface area contributed by atoms with Crippen LogP contribution in [0.25, 0.3) is 0 Å². The molecule has 2 fully saturated rings. The Bertz CT molecular complexity index is 662. The maximum Gasteiger partial charge on any atom is 0.293 e. The Balaban J connectivity index is 1.80. The molecule has 1 saturated heterocycles. The van der Waals surface area contributed by atoms with Gasteiger partial charge in [-0.05, 0) is 43.7 Å². The molecule has 1 saturated carbocycles. The lowest BCUT2D eigenvalue weighted by Gasteiger charge is -2.44. The van der Waals surface area contributed by atoms with Gasteiger partial charge in [0, 0.05) is 37.9 Å². The molecule has 0 radical (unpaired) electrons. The van der Waals surface area contributed by atoms with E-state index in [1.54, 1.807) is 19.2 Å². The Morgan fingerprint density at radius 1 is 1.31 bits per heavy atom. The number of nitrogens with zero attached hydrogens (tertiary/aromatic N) is 2. The van der Waals surface area contributed by atoms with Gasteiger partial charge in [-0.2, -0.15) is 0 Å². The van der Waals surface area contributed by atoms with Crippen LogP contribution in [0, 0.1) is 16.0 Å². The van der Waals surface area contributed by atoms with Gasteiger partial charge in [-0.15, -0.1) is 0 Å². The summed E-state index contributed by atoms with van der Waals surface area (Å²) < 4.78 is 4.96. The lowest BCUT2D eigenvalue weighted by Crippen LogP contribution is -2.49. The first kappa shape index (κ1) is 18.6. The van der Waals surface area contributed by atoms with Gasteiger partial charge in [-0.1, -0.05) is 12.8 Å². The highest BCUT2D eigenvalue weighted by Gasteiger charge is 2.36. The average Bonchev–Trinajstić information content (AvgIpc) is 2.67. The lowest BCUT2D eigenvalue weighted by atomic mass is 9.78. The number of ether oxygens (including phenoxy) is 1. The molecule has 0 aromatic heterocycles. The molecule has 1 aromatic carbocycles. The van der Waals surface area contributed by atoms with E-state index in [9.17, 15) is 14.9 Å². The lowest BCUT2D eigenvalue weighted by molar-refractivity contribution is -0.384. The first-order valence-electron chi connectivity index (χ1n) is 9.44. The zero-order chi connectivity index (χ0) is 18.5. The molecule has 1 aliphatic heterocycles. The first-order chi connectivity index (χ1) is 12.6. The normalized spacial score (nSPS) is 22.6. The summed E-state index contributed by atoms with van der Waals surface area (Å²) in [6.07, 6.45) is 6.86. The molecule has 0 bridgehead atoms. The van der Waals surface area contributed by atoms with Crippen LogP contribution in [0.15, 0.2) is 18.2 Å². The molecule has 1 aliphatic carbocycles. The van der Waals surface area contributed by atoms with Crippen LogP contribution in [-0.4, -0.2) is 48.6 Å². The molecule has 1 amide bonds. The molecular formula is C19H27N3O4. The van der Waals surface area contributed by atoms with Crippen molar-refractivity contribution in [3.05, 3.63) is 33.9 Å². The Morgan fingerprint density at radius 2 is 2.08 bits per heavy atom. The largest absolute Gasteiger partial charge is 0.383 e. The second-order valence-electron chi connectivity index (χ2n) is 7.16. The molecule has 1 aromatic rings. The number of rotatable bonds is 6. The SMILES string of the molecule is COCCNc1ccc(C(=O)N2CCC[C@@H]3CCCC[C@H]32)cc1[N+](=O)[O-]. The standard InChI is InChI=1S/C19H27N3O4/c1-26-12-10-20-16-9-8-15(13-18(16)22(24)25)19(23)21-11-4-6-14-5-2-3-7-17(14)21/h8-9,13-14,17,20H,2-7,10-12H2,1H3/t14-,17+/m0/s1. The number of carbonyl (C=O) groups excluding carboxylic acids is 1. The van der Waals surface area contributed by atoms with Gasteiger partial charge in [0.15, 0.2) is 0 Å². The van der Waals surface area contributed by atoms with Crippen LogP contribution in [0.5, 0.6) is 0 Å². The van der Waals surface area contributed by atoms with E-state index in [1.165, 1.54) is 25.3 Å². The highest BCUT2D eigenvalue weighted by atomic mass is 16.6. The molecule has 7 heteroatoms. The Labute approximate surface area is 153 Å². The number of nitro benzene ring substituents is 1. The minimum Gasteiger partial charge on any atom is -0.383 e. The number of fused-ring (bicyclic) bond motifs is 1. The Hall–Kier alpha value is -2.15. The number of nitrogens with one attached hydrogen (secondary N) is 1. The summed E-state index contributed by atoms with van der Waals surface area (Å²) in [7, 11) is 1.58. The molecule has 3 rings (SSSR count). The monoisotopic (exact) mass is 361 g/mol. The zero-order valence-corrected chi connectivity index (χ0v) is 15.3. The van der Waals surface area contributed by atoms with Gasteiger partial charge in [-0.3, -0.25) is 14.9 Å². The smallest absolute Gasteiger partial charge is 0.293 e. The second kappa shape index (κ2) is 8.49. The fourth-order valence-corrected chi connectivity index (χ4v) is 4.30. The number of hydrogen-bond donors (Lipinski definition) is 1. The Kier molecular flexibility index (Phi) is 6.08. The molecule has 7 nitrogen and oxygen atoms in total. The molecule has 26 heavy (non-hydrogen) atoms. The van der Waals surface area contributed by atoms with Crippen molar-refractivity contribution in [2.24, 2.45) is 5.92 Å². The van der Waals surface area contributed by atoms with Crippen LogP contribution in [0.3, 0.4) is 0 Å². The Morgan fingerprint density at radius 3 is 2.85 bits per heavy atom. The quantitative estimate of drug-likeness (QED) is 0.476. The van der Waals surface area contributed by atoms with Crippen molar-refractivity contribution < 1.29 is 14.5 Å². The van der Waals surface area contributed by atoms with Crippen LogP contribution in [0.1, 0.15) is 48.9 Å². The number of likely N-dealkylation sites (tertiary alicyclic amines) is 1. The van der Waals surface area contributed by atoms with Gasteiger partial charge >= 0.3 is 0 Å². The minimum atomic E-state index is -0.439. The molecule has 2 atom stereocenters. The highest BCUT2D eigenvalue weighted by molar-refractivity contribution is 5.96. The number of benzene rings is 1. The number of piperidine rings is 1. The van der Waals surface area contributed by atoms with Crippen molar-refractivity contribution in [1.82, 2.24) is 4.90 Å². The van der Waals surface area contributed by atoms with E-state index in [2.05, 4.69) is 5.32 Å². The van der Waals surface area contributed by atoms with E-state index < -0.39 is 4.92 Å². The van der Waals surface area contributed by atoms with Gasteiger partial charge in [0.1, 0.15) is 5.69 Å². The zero-order valence-electron chi connectivity index (χ0n) is 15.3. The summed E-state index contributed by atoms with van der Waals surface area (Å²) in [6.45, 7) is 1.68. The van der Waals surface area contributed by atoms with Crippen LogP contribution in [-0.2, 0) is 4.74 Å². The highest BCUT2D eigenvalue weighted by Crippen LogP contribution is 2.36. The predicted molar refractivity (Wildman–Crippen MR) is 99.5 cm³/mol. The van der Waals surface area contributed by atoms with Crippen molar-refractivity contribution in [2.45, 2.75) is 44.6 Å². The predicted octanol–water partition coefficient (Wildman–Crippen LogP) is 3.45. The van der Waals surface area contributed by atoms with Crippen molar-refractivity contribution in [3.63, 3.8) is 0 Å². The summed E-state index contributed by atoms with van der Waals surface area (Å²) in [4.78, 5) is 26.0. The maximum atomic E-state index is 13.1. The summed E-state index contributed by atoms with van der Waals surface area (Å²) in [5, 5.41) is 14.4. The summed E-state index contributed by atoms with van der Waals surface area (Å²) >= 11 is 0.